The number of allylic oxidation sites excluding steroid dienone is 2. The van der Waals surface area contributed by atoms with E-state index in [9.17, 15) is 14.7 Å². The van der Waals surface area contributed by atoms with E-state index >= 15 is 0 Å². The molecular weight excluding hydrogens is 442 g/mol. The number of carbonyl (C=O) groups is 2. The summed E-state index contributed by atoms with van der Waals surface area (Å²) in [5.41, 5.74) is 2.85. The van der Waals surface area contributed by atoms with Gasteiger partial charge >= 0.3 is 6.09 Å². The number of piperidine rings is 1. The summed E-state index contributed by atoms with van der Waals surface area (Å²) in [4.78, 5) is 28.9. The Morgan fingerprint density at radius 2 is 2.03 bits per heavy atom. The SMILES string of the molecule is COC(=O)N1C[C@@H](C)C[C@H]2O[C@]3(CC[C@@H]4C(=C3C)C(=O)[C@H]3[C@H]4CC=C4C[C@@H](O)CC[C@@]43C)[C@H](C)[C@@H]21. The maximum atomic E-state index is 14.3. The van der Waals surface area contributed by atoms with Crippen molar-refractivity contribution in [1.29, 1.82) is 0 Å². The van der Waals surface area contributed by atoms with Crippen LogP contribution in [0.2, 0.25) is 0 Å². The van der Waals surface area contributed by atoms with Crippen molar-refractivity contribution in [1.82, 2.24) is 4.90 Å². The van der Waals surface area contributed by atoms with Gasteiger partial charge in [0.1, 0.15) is 0 Å². The molecule has 192 valence electrons. The predicted molar refractivity (Wildman–Crippen MR) is 132 cm³/mol. The van der Waals surface area contributed by atoms with Crippen LogP contribution in [0.15, 0.2) is 22.8 Å². The third-order valence-corrected chi connectivity index (χ3v) is 11.1. The van der Waals surface area contributed by atoms with Gasteiger partial charge in [-0.2, -0.15) is 0 Å². The first-order valence-corrected chi connectivity index (χ1v) is 13.8. The molecule has 0 aromatic carbocycles. The highest BCUT2D eigenvalue weighted by Crippen LogP contribution is 2.64. The maximum absolute atomic E-state index is 14.3. The molecule has 0 bridgehead atoms. The van der Waals surface area contributed by atoms with Crippen LogP contribution in [-0.2, 0) is 14.3 Å². The van der Waals surface area contributed by atoms with Crippen molar-refractivity contribution >= 4 is 11.9 Å². The number of amides is 1. The van der Waals surface area contributed by atoms with Crippen molar-refractivity contribution in [3.63, 3.8) is 0 Å². The minimum absolute atomic E-state index is 0.0184. The molecule has 35 heavy (non-hydrogen) atoms. The summed E-state index contributed by atoms with van der Waals surface area (Å²) >= 11 is 0. The van der Waals surface area contributed by atoms with Crippen LogP contribution in [0, 0.1) is 35.0 Å². The van der Waals surface area contributed by atoms with E-state index in [1.165, 1.54) is 12.7 Å². The highest BCUT2D eigenvalue weighted by atomic mass is 16.5. The van der Waals surface area contributed by atoms with Gasteiger partial charge in [-0.25, -0.2) is 4.79 Å². The zero-order valence-electron chi connectivity index (χ0n) is 21.9. The molecule has 2 saturated carbocycles. The van der Waals surface area contributed by atoms with Crippen LogP contribution >= 0.6 is 0 Å². The van der Waals surface area contributed by atoms with Crippen LogP contribution in [0.25, 0.3) is 0 Å². The van der Waals surface area contributed by atoms with Gasteiger partial charge in [0, 0.05) is 24.0 Å². The van der Waals surface area contributed by atoms with Crippen LogP contribution in [0.5, 0.6) is 0 Å². The molecule has 6 aliphatic rings. The summed E-state index contributed by atoms with van der Waals surface area (Å²) in [6.07, 6.45) is 7.93. The number of aliphatic hydroxyl groups is 1. The number of carbonyl (C=O) groups excluding carboxylic acids is 2. The summed E-state index contributed by atoms with van der Waals surface area (Å²) in [7, 11) is 1.46. The topological polar surface area (TPSA) is 76.1 Å². The van der Waals surface area contributed by atoms with Crippen LogP contribution in [0.1, 0.15) is 72.6 Å². The average molecular weight is 484 g/mol. The third-order valence-electron chi connectivity index (χ3n) is 11.1. The number of nitrogens with zero attached hydrogens (tertiary/aromatic N) is 1. The van der Waals surface area contributed by atoms with Gasteiger partial charge in [-0.3, -0.25) is 4.79 Å². The number of fused-ring (bicyclic) bond motifs is 6. The number of ketones is 1. The molecule has 2 heterocycles. The second kappa shape index (κ2) is 7.92. The average Bonchev–Trinajstić information content (AvgIpc) is 3.28. The van der Waals surface area contributed by atoms with Crippen molar-refractivity contribution in [2.45, 2.75) is 96.5 Å². The lowest BCUT2D eigenvalue weighted by Gasteiger charge is -2.48. The number of hydrogen-bond donors (Lipinski definition) is 1. The second-order valence-corrected chi connectivity index (χ2v) is 12.8. The number of methoxy groups -OCH3 is 1. The Bertz CT molecular complexity index is 1020. The fourth-order valence-electron chi connectivity index (χ4n) is 9.49. The van der Waals surface area contributed by atoms with Crippen LogP contribution in [0.4, 0.5) is 4.79 Å². The van der Waals surface area contributed by atoms with Crippen molar-refractivity contribution in [2.24, 2.45) is 35.0 Å². The molecule has 4 aliphatic carbocycles. The fourth-order valence-corrected chi connectivity index (χ4v) is 9.49. The Morgan fingerprint density at radius 1 is 1.26 bits per heavy atom. The Kier molecular flexibility index (Phi) is 5.37. The molecule has 2 saturated heterocycles. The van der Waals surface area contributed by atoms with E-state index in [2.05, 4.69) is 33.8 Å². The molecule has 6 heteroatoms. The lowest BCUT2D eigenvalue weighted by Crippen LogP contribution is -2.54. The number of Topliss-reactive ketones (excluding diaryl/α,β-unsaturated/α-hetero) is 1. The van der Waals surface area contributed by atoms with Crippen molar-refractivity contribution in [2.75, 3.05) is 13.7 Å². The maximum Gasteiger partial charge on any atom is 0.409 e. The van der Waals surface area contributed by atoms with Crippen molar-refractivity contribution in [3.05, 3.63) is 22.8 Å². The number of hydrogen-bond acceptors (Lipinski definition) is 5. The first kappa shape index (κ1) is 23.7. The third kappa shape index (κ3) is 3.08. The van der Waals surface area contributed by atoms with E-state index in [1.807, 2.05) is 4.90 Å². The van der Waals surface area contributed by atoms with Gasteiger partial charge in [-0.15, -0.1) is 0 Å². The van der Waals surface area contributed by atoms with Gasteiger partial charge in [0.2, 0.25) is 0 Å². The second-order valence-electron chi connectivity index (χ2n) is 12.8. The molecule has 0 unspecified atom stereocenters. The number of rotatable bonds is 0. The van der Waals surface area contributed by atoms with Gasteiger partial charge in [-0.05, 0) is 80.6 Å². The molecule has 10 atom stereocenters. The number of aliphatic hydroxyl groups excluding tert-OH is 1. The summed E-state index contributed by atoms with van der Waals surface area (Å²) in [6, 6.07) is -0.0184. The number of likely N-dealkylation sites (tertiary alicyclic amines) is 1. The molecule has 0 aromatic rings. The van der Waals surface area contributed by atoms with E-state index < -0.39 is 5.60 Å². The highest BCUT2D eigenvalue weighted by molar-refractivity contribution is 6.02. The van der Waals surface area contributed by atoms with Gasteiger partial charge < -0.3 is 19.5 Å². The zero-order chi connectivity index (χ0) is 24.9. The highest BCUT2D eigenvalue weighted by Gasteiger charge is 2.64. The molecule has 0 radical (unpaired) electrons. The number of ether oxygens (including phenoxy) is 2. The molecule has 0 aromatic heterocycles. The van der Waals surface area contributed by atoms with E-state index in [0.717, 1.165) is 49.7 Å². The minimum atomic E-state index is -0.486. The molecule has 6 rings (SSSR count). The van der Waals surface area contributed by atoms with Crippen molar-refractivity contribution < 1.29 is 24.2 Å². The fraction of sp³-hybridized carbons (Fsp3) is 0.793. The minimum Gasteiger partial charge on any atom is -0.453 e. The van der Waals surface area contributed by atoms with Crippen molar-refractivity contribution in [3.8, 4) is 0 Å². The summed E-state index contributed by atoms with van der Waals surface area (Å²) in [6.45, 7) is 9.51. The summed E-state index contributed by atoms with van der Waals surface area (Å²) < 4.78 is 12.1. The normalized spacial score (nSPS) is 48.8. The molecule has 1 amide bonds. The Morgan fingerprint density at radius 3 is 2.77 bits per heavy atom. The molecule has 6 nitrogen and oxygen atoms in total. The standard InChI is InChI=1S/C29H41NO5/c1-15-12-22-25(30(14-15)27(33)34-5)17(3)29(35-22)11-9-20-21-7-6-18-13-19(31)8-10-28(18,4)24(21)26(32)23(20)16(29)2/h6,15,17,19-22,24-25,31H,7-14H2,1-5H3/t15-,17+,19-,20-,21-,22+,24+,25-,28-,29-/m0/s1. The Labute approximate surface area is 209 Å². The first-order valence-electron chi connectivity index (χ1n) is 13.8. The van der Waals surface area contributed by atoms with Gasteiger partial charge in [-0.1, -0.05) is 32.4 Å². The van der Waals surface area contributed by atoms with E-state index in [1.54, 1.807) is 0 Å². The molecule has 1 spiro atoms. The first-order chi connectivity index (χ1) is 16.6. The molecule has 1 N–H and O–H groups in total. The zero-order valence-corrected chi connectivity index (χ0v) is 21.9. The monoisotopic (exact) mass is 483 g/mol. The van der Waals surface area contributed by atoms with Crippen LogP contribution in [0.3, 0.4) is 0 Å². The lowest BCUT2D eigenvalue weighted by atomic mass is 9.56. The molecule has 2 aliphatic heterocycles. The summed E-state index contributed by atoms with van der Waals surface area (Å²) in [5.74, 6) is 1.48. The van der Waals surface area contributed by atoms with E-state index in [0.29, 0.717) is 36.5 Å². The smallest absolute Gasteiger partial charge is 0.409 e. The Hall–Kier alpha value is -1.66. The quantitative estimate of drug-likeness (QED) is 0.507. The predicted octanol–water partition coefficient (Wildman–Crippen LogP) is 4.66. The van der Waals surface area contributed by atoms with E-state index in [4.69, 9.17) is 9.47 Å². The summed E-state index contributed by atoms with van der Waals surface area (Å²) in [5, 5.41) is 10.3. The lowest BCUT2D eigenvalue weighted by molar-refractivity contribution is -0.123. The molecular formula is C29H41NO5. The van der Waals surface area contributed by atoms with Gasteiger partial charge in [0.05, 0.1) is 31.0 Å². The van der Waals surface area contributed by atoms with Gasteiger partial charge in [0.15, 0.2) is 5.78 Å². The van der Waals surface area contributed by atoms with Crippen LogP contribution in [-0.4, -0.2) is 59.4 Å². The Balaban J connectivity index is 1.38. The van der Waals surface area contributed by atoms with Gasteiger partial charge in [0.25, 0.3) is 0 Å². The molecule has 4 fully saturated rings. The van der Waals surface area contributed by atoms with Crippen LogP contribution < -0.4 is 0 Å². The van der Waals surface area contributed by atoms with E-state index in [-0.39, 0.29) is 41.6 Å². The largest absolute Gasteiger partial charge is 0.453 e.